The number of hydrogen-bond acceptors (Lipinski definition) is 2. The molecular formula is C20H13F2N3O. The van der Waals surface area contributed by atoms with Crippen LogP contribution in [-0.4, -0.2) is 15.5 Å². The number of nitrogens with zero attached hydrogens (tertiary/aromatic N) is 2. The fourth-order valence-electron chi connectivity index (χ4n) is 2.79. The molecule has 0 spiro atoms. The zero-order valence-electron chi connectivity index (χ0n) is 13.5. The van der Waals surface area contributed by atoms with E-state index in [1.807, 2.05) is 54.6 Å². The van der Waals surface area contributed by atoms with Crippen LogP contribution in [0, 0.1) is 11.6 Å². The summed E-state index contributed by atoms with van der Waals surface area (Å²) in [5.74, 6) is -2.11. The standard InChI is InChI=1S/C20H13F2N3O/c21-13-10-11-15(16(22)12-13)19(26)24-20-23-17-8-4-5-9-18(17)25(20)14-6-2-1-3-7-14/h1-12H,(H,23,24,26). The lowest BCUT2D eigenvalue weighted by Gasteiger charge is -2.10. The number of fused-ring (bicyclic) bond motifs is 1. The van der Waals surface area contributed by atoms with Gasteiger partial charge in [-0.3, -0.25) is 14.7 Å². The maximum atomic E-state index is 13.9. The maximum Gasteiger partial charge on any atom is 0.260 e. The van der Waals surface area contributed by atoms with Crippen molar-refractivity contribution < 1.29 is 13.6 Å². The molecular weight excluding hydrogens is 336 g/mol. The lowest BCUT2D eigenvalue weighted by Crippen LogP contribution is -2.17. The Kier molecular flexibility index (Phi) is 3.93. The van der Waals surface area contributed by atoms with E-state index in [0.29, 0.717) is 11.6 Å². The van der Waals surface area contributed by atoms with Gasteiger partial charge in [0.15, 0.2) is 0 Å². The van der Waals surface area contributed by atoms with Crippen LogP contribution in [0.3, 0.4) is 0 Å². The molecule has 26 heavy (non-hydrogen) atoms. The smallest absolute Gasteiger partial charge is 0.260 e. The minimum atomic E-state index is -0.926. The first-order valence-corrected chi connectivity index (χ1v) is 7.93. The van der Waals surface area contributed by atoms with Crippen molar-refractivity contribution in [3.05, 3.63) is 90.0 Å². The van der Waals surface area contributed by atoms with Gasteiger partial charge in [0.2, 0.25) is 5.95 Å². The molecule has 1 heterocycles. The van der Waals surface area contributed by atoms with Gasteiger partial charge in [0.05, 0.1) is 16.6 Å². The van der Waals surface area contributed by atoms with E-state index in [4.69, 9.17) is 0 Å². The average Bonchev–Trinajstić information content (AvgIpc) is 3.00. The van der Waals surface area contributed by atoms with Gasteiger partial charge in [-0.1, -0.05) is 30.3 Å². The predicted octanol–water partition coefficient (Wildman–Crippen LogP) is 4.56. The second-order valence-corrected chi connectivity index (χ2v) is 5.67. The van der Waals surface area contributed by atoms with Crippen LogP contribution in [0.4, 0.5) is 14.7 Å². The van der Waals surface area contributed by atoms with E-state index in [2.05, 4.69) is 10.3 Å². The van der Waals surface area contributed by atoms with Gasteiger partial charge in [-0.15, -0.1) is 0 Å². The Balaban J connectivity index is 1.80. The molecule has 0 atom stereocenters. The largest absolute Gasteiger partial charge is 0.291 e. The lowest BCUT2D eigenvalue weighted by atomic mass is 10.2. The van der Waals surface area contributed by atoms with E-state index in [9.17, 15) is 13.6 Å². The number of amides is 1. The summed E-state index contributed by atoms with van der Waals surface area (Å²) in [7, 11) is 0. The summed E-state index contributed by atoms with van der Waals surface area (Å²) in [4.78, 5) is 16.9. The summed E-state index contributed by atoms with van der Waals surface area (Å²) >= 11 is 0. The third kappa shape index (κ3) is 2.82. The van der Waals surface area contributed by atoms with Crippen LogP contribution in [0.25, 0.3) is 16.7 Å². The van der Waals surface area contributed by atoms with Gasteiger partial charge in [-0.05, 0) is 36.4 Å². The van der Waals surface area contributed by atoms with Crippen LogP contribution in [0.5, 0.6) is 0 Å². The number of aromatic nitrogens is 2. The first kappa shape index (κ1) is 16.0. The third-order valence-electron chi connectivity index (χ3n) is 3.98. The molecule has 0 saturated heterocycles. The monoisotopic (exact) mass is 349 g/mol. The zero-order chi connectivity index (χ0) is 18.1. The molecule has 4 nitrogen and oxygen atoms in total. The summed E-state index contributed by atoms with van der Waals surface area (Å²) in [6.45, 7) is 0. The number of halogens is 2. The van der Waals surface area contributed by atoms with Gasteiger partial charge in [-0.2, -0.15) is 0 Å². The van der Waals surface area contributed by atoms with Crippen molar-refractivity contribution in [2.75, 3.05) is 5.32 Å². The van der Waals surface area contributed by atoms with Gasteiger partial charge in [-0.25, -0.2) is 13.8 Å². The molecule has 0 aliphatic heterocycles. The molecule has 0 radical (unpaired) electrons. The molecule has 4 aromatic rings. The van der Waals surface area contributed by atoms with Crippen LogP contribution in [0.15, 0.2) is 72.8 Å². The van der Waals surface area contributed by atoms with Crippen molar-refractivity contribution in [2.45, 2.75) is 0 Å². The highest BCUT2D eigenvalue weighted by atomic mass is 19.1. The Morgan fingerprint density at radius 2 is 1.65 bits per heavy atom. The first-order chi connectivity index (χ1) is 12.6. The van der Waals surface area contributed by atoms with Crippen molar-refractivity contribution >= 4 is 22.9 Å². The number of rotatable bonds is 3. The SMILES string of the molecule is O=C(Nc1nc2ccccc2n1-c1ccccc1)c1ccc(F)cc1F. The number of hydrogen-bond donors (Lipinski definition) is 1. The van der Waals surface area contributed by atoms with Crippen LogP contribution in [0.1, 0.15) is 10.4 Å². The van der Waals surface area contributed by atoms with Crippen molar-refractivity contribution in [1.82, 2.24) is 9.55 Å². The normalized spacial score (nSPS) is 10.8. The molecule has 0 aliphatic carbocycles. The molecule has 0 saturated carbocycles. The van der Waals surface area contributed by atoms with Crippen molar-refractivity contribution in [1.29, 1.82) is 0 Å². The number of carbonyl (C=O) groups excluding carboxylic acids is 1. The van der Waals surface area contributed by atoms with E-state index >= 15 is 0 Å². The summed E-state index contributed by atoms with van der Waals surface area (Å²) in [5.41, 5.74) is 2.04. The van der Waals surface area contributed by atoms with Crippen LogP contribution in [-0.2, 0) is 0 Å². The van der Waals surface area contributed by atoms with E-state index < -0.39 is 17.5 Å². The van der Waals surface area contributed by atoms with Gasteiger partial charge in [0.1, 0.15) is 11.6 Å². The van der Waals surface area contributed by atoms with Gasteiger partial charge in [0.25, 0.3) is 5.91 Å². The predicted molar refractivity (Wildman–Crippen MR) is 95.4 cm³/mol. The zero-order valence-corrected chi connectivity index (χ0v) is 13.5. The van der Waals surface area contributed by atoms with E-state index in [-0.39, 0.29) is 11.5 Å². The molecule has 128 valence electrons. The molecule has 4 rings (SSSR count). The molecule has 1 amide bonds. The first-order valence-electron chi connectivity index (χ1n) is 7.93. The Labute approximate surface area is 147 Å². The molecule has 0 unspecified atom stereocenters. The average molecular weight is 349 g/mol. The Morgan fingerprint density at radius 1 is 0.923 bits per heavy atom. The maximum absolute atomic E-state index is 13.9. The number of carbonyl (C=O) groups is 1. The number of imidazole rings is 1. The molecule has 0 fully saturated rings. The van der Waals surface area contributed by atoms with E-state index in [0.717, 1.165) is 23.3 Å². The highest BCUT2D eigenvalue weighted by Gasteiger charge is 2.18. The Hall–Kier alpha value is -3.54. The Morgan fingerprint density at radius 3 is 2.42 bits per heavy atom. The summed E-state index contributed by atoms with van der Waals surface area (Å²) in [6, 6.07) is 19.6. The van der Waals surface area contributed by atoms with E-state index in [1.54, 1.807) is 4.57 Å². The second kappa shape index (κ2) is 6.40. The summed E-state index contributed by atoms with van der Waals surface area (Å²) < 4.78 is 28.8. The van der Waals surface area contributed by atoms with Crippen molar-refractivity contribution in [2.24, 2.45) is 0 Å². The molecule has 0 bridgehead atoms. The minimum absolute atomic E-state index is 0.252. The van der Waals surface area contributed by atoms with E-state index in [1.165, 1.54) is 0 Å². The van der Waals surface area contributed by atoms with Crippen molar-refractivity contribution in [3.63, 3.8) is 0 Å². The summed E-state index contributed by atoms with van der Waals surface area (Å²) in [6.07, 6.45) is 0. The molecule has 6 heteroatoms. The quantitative estimate of drug-likeness (QED) is 0.589. The van der Waals surface area contributed by atoms with Gasteiger partial charge in [0, 0.05) is 11.8 Å². The molecule has 1 N–H and O–H groups in total. The van der Waals surface area contributed by atoms with Crippen LogP contribution >= 0.6 is 0 Å². The number of nitrogens with one attached hydrogen (secondary N) is 1. The minimum Gasteiger partial charge on any atom is -0.291 e. The molecule has 1 aromatic heterocycles. The van der Waals surface area contributed by atoms with Crippen LogP contribution in [0.2, 0.25) is 0 Å². The molecule has 0 aliphatic rings. The van der Waals surface area contributed by atoms with Crippen LogP contribution < -0.4 is 5.32 Å². The fourth-order valence-corrected chi connectivity index (χ4v) is 2.79. The number of anilines is 1. The highest BCUT2D eigenvalue weighted by Crippen LogP contribution is 2.25. The lowest BCUT2D eigenvalue weighted by molar-refractivity contribution is 0.102. The third-order valence-corrected chi connectivity index (χ3v) is 3.98. The Bertz CT molecular complexity index is 1110. The number of para-hydroxylation sites is 3. The van der Waals surface area contributed by atoms with Gasteiger partial charge < -0.3 is 0 Å². The topological polar surface area (TPSA) is 46.9 Å². The van der Waals surface area contributed by atoms with Gasteiger partial charge >= 0.3 is 0 Å². The number of benzene rings is 3. The van der Waals surface area contributed by atoms with Crippen molar-refractivity contribution in [3.8, 4) is 5.69 Å². The second-order valence-electron chi connectivity index (χ2n) is 5.67. The fraction of sp³-hybridized carbons (Fsp3) is 0. The highest BCUT2D eigenvalue weighted by molar-refractivity contribution is 6.04. The molecule has 3 aromatic carbocycles. The summed E-state index contributed by atoms with van der Waals surface area (Å²) in [5, 5.41) is 2.63.